The zero-order valence-corrected chi connectivity index (χ0v) is 19.8. The molecule has 3 aromatic rings. The third kappa shape index (κ3) is 4.37. The van der Waals surface area contributed by atoms with Gasteiger partial charge < -0.3 is 4.90 Å². The van der Waals surface area contributed by atoms with Gasteiger partial charge in [-0.05, 0) is 75.4 Å². The number of benzene rings is 2. The first-order valence-electron chi connectivity index (χ1n) is 11.6. The number of piperidine rings is 1. The van der Waals surface area contributed by atoms with Gasteiger partial charge in [0.2, 0.25) is 10.0 Å². The predicted molar refractivity (Wildman–Crippen MR) is 126 cm³/mol. The van der Waals surface area contributed by atoms with Gasteiger partial charge in [-0.15, -0.1) is 0 Å². The highest BCUT2D eigenvalue weighted by atomic mass is 32.2. The van der Waals surface area contributed by atoms with Crippen molar-refractivity contribution in [1.82, 2.24) is 19.4 Å². The van der Waals surface area contributed by atoms with E-state index in [4.69, 9.17) is 5.10 Å². The molecule has 7 nitrogen and oxygen atoms in total. The molecular formula is C25H27FN4O3S. The number of sulfonamides is 1. The van der Waals surface area contributed by atoms with Gasteiger partial charge in [-0.2, -0.15) is 5.10 Å². The minimum Gasteiger partial charge on any atom is -0.337 e. The summed E-state index contributed by atoms with van der Waals surface area (Å²) in [5.41, 5.74) is 4.77. The van der Waals surface area contributed by atoms with E-state index in [-0.39, 0.29) is 16.8 Å². The summed E-state index contributed by atoms with van der Waals surface area (Å²) in [6.45, 7) is 2.93. The van der Waals surface area contributed by atoms with Gasteiger partial charge in [0, 0.05) is 30.4 Å². The summed E-state index contributed by atoms with van der Waals surface area (Å²) >= 11 is 0. The van der Waals surface area contributed by atoms with Crippen molar-refractivity contribution in [3.05, 3.63) is 76.9 Å². The van der Waals surface area contributed by atoms with Crippen molar-refractivity contribution in [2.75, 3.05) is 13.1 Å². The van der Waals surface area contributed by atoms with E-state index >= 15 is 0 Å². The van der Waals surface area contributed by atoms with Crippen molar-refractivity contribution in [2.45, 2.75) is 50.0 Å². The Morgan fingerprint density at radius 1 is 1.03 bits per heavy atom. The van der Waals surface area contributed by atoms with Crippen molar-refractivity contribution in [3.63, 3.8) is 0 Å². The summed E-state index contributed by atoms with van der Waals surface area (Å²) in [5.74, 6) is -0.578. The van der Waals surface area contributed by atoms with Crippen LogP contribution in [0.3, 0.4) is 0 Å². The fourth-order valence-corrected chi connectivity index (χ4v) is 6.07. The first kappa shape index (κ1) is 22.7. The van der Waals surface area contributed by atoms with Crippen LogP contribution in [0.25, 0.3) is 5.69 Å². The Morgan fingerprint density at radius 3 is 2.38 bits per heavy atom. The number of likely N-dealkylation sites (tertiary alicyclic amines) is 1. The molecule has 2 heterocycles. The van der Waals surface area contributed by atoms with Crippen LogP contribution >= 0.6 is 0 Å². The van der Waals surface area contributed by atoms with Crippen molar-refractivity contribution in [2.24, 2.45) is 0 Å². The standard InChI is InChI=1S/C25H27FN4O3S/c1-17-5-9-20(10-6-17)30-23-4-2-3-22(23)24(27-30)25(31)29-15-13-19(14-16-29)28-34(32,33)21-11-7-18(26)8-12-21/h5-12,19,28H,2-4,13-16H2,1H3. The number of halogens is 1. The first-order chi connectivity index (χ1) is 16.3. The number of fused-ring (bicyclic) bond motifs is 1. The van der Waals surface area contributed by atoms with Gasteiger partial charge >= 0.3 is 0 Å². The molecule has 0 saturated carbocycles. The molecule has 1 fully saturated rings. The summed E-state index contributed by atoms with van der Waals surface area (Å²) in [4.78, 5) is 15.2. The van der Waals surface area contributed by atoms with E-state index in [1.54, 1.807) is 4.90 Å². The first-order valence-corrected chi connectivity index (χ1v) is 13.0. The Kier molecular flexibility index (Phi) is 5.99. The van der Waals surface area contributed by atoms with Crippen LogP contribution in [0.5, 0.6) is 0 Å². The minimum atomic E-state index is -3.74. The zero-order valence-electron chi connectivity index (χ0n) is 19.0. The number of carbonyl (C=O) groups excluding carboxylic acids is 1. The van der Waals surface area contributed by atoms with E-state index in [0.717, 1.165) is 48.3 Å². The lowest BCUT2D eigenvalue weighted by molar-refractivity contribution is 0.0703. The maximum atomic E-state index is 13.4. The Morgan fingerprint density at radius 2 is 1.71 bits per heavy atom. The SMILES string of the molecule is Cc1ccc(-n2nc(C(=O)N3CCC(NS(=O)(=O)c4ccc(F)cc4)CC3)c3c2CCC3)cc1. The summed E-state index contributed by atoms with van der Waals surface area (Å²) < 4.78 is 42.9. The van der Waals surface area contributed by atoms with Gasteiger partial charge in [-0.3, -0.25) is 4.79 Å². The molecule has 0 unspecified atom stereocenters. The fraction of sp³-hybridized carbons (Fsp3) is 0.360. The van der Waals surface area contributed by atoms with Crippen molar-refractivity contribution in [1.29, 1.82) is 0 Å². The smallest absolute Gasteiger partial charge is 0.274 e. The van der Waals surface area contributed by atoms with Gasteiger partial charge in [0.25, 0.3) is 5.91 Å². The van der Waals surface area contributed by atoms with Gasteiger partial charge in [0.15, 0.2) is 5.69 Å². The molecule has 5 rings (SSSR count). The average Bonchev–Trinajstić information content (AvgIpc) is 3.43. The Bertz CT molecular complexity index is 1310. The number of aromatic nitrogens is 2. The van der Waals surface area contributed by atoms with Crippen LogP contribution in [-0.2, 0) is 22.9 Å². The van der Waals surface area contributed by atoms with Crippen molar-refractivity contribution < 1.29 is 17.6 Å². The van der Waals surface area contributed by atoms with Crippen LogP contribution in [-0.4, -0.2) is 48.1 Å². The number of nitrogens with one attached hydrogen (secondary N) is 1. The molecule has 1 amide bonds. The van der Waals surface area contributed by atoms with Crippen LogP contribution in [0, 0.1) is 12.7 Å². The Balaban J connectivity index is 1.28. The molecule has 0 bridgehead atoms. The third-order valence-electron chi connectivity index (χ3n) is 6.64. The summed E-state index contributed by atoms with van der Waals surface area (Å²) in [6.07, 6.45) is 3.76. The Hall–Kier alpha value is -3.04. The van der Waals surface area contributed by atoms with E-state index < -0.39 is 15.8 Å². The molecule has 2 aromatic carbocycles. The highest BCUT2D eigenvalue weighted by Crippen LogP contribution is 2.29. The summed E-state index contributed by atoms with van der Waals surface area (Å²) in [6, 6.07) is 12.6. The lowest BCUT2D eigenvalue weighted by Gasteiger charge is -2.32. The zero-order chi connectivity index (χ0) is 23.9. The Labute approximate surface area is 198 Å². The van der Waals surface area contributed by atoms with Gasteiger partial charge in [-0.1, -0.05) is 17.7 Å². The van der Waals surface area contributed by atoms with Crippen LogP contribution in [0.4, 0.5) is 4.39 Å². The van der Waals surface area contributed by atoms with E-state index in [1.807, 2.05) is 35.9 Å². The number of aryl methyl sites for hydroxylation is 1. The minimum absolute atomic E-state index is 0.0321. The molecule has 0 radical (unpaired) electrons. The van der Waals surface area contributed by atoms with Gasteiger partial charge in [0.1, 0.15) is 5.82 Å². The maximum Gasteiger partial charge on any atom is 0.274 e. The van der Waals surface area contributed by atoms with Gasteiger partial charge in [0.05, 0.1) is 10.6 Å². The van der Waals surface area contributed by atoms with Crippen molar-refractivity contribution >= 4 is 15.9 Å². The fourth-order valence-electron chi connectivity index (χ4n) is 4.76. The molecule has 0 spiro atoms. The maximum absolute atomic E-state index is 13.4. The largest absolute Gasteiger partial charge is 0.337 e. The number of carbonyl (C=O) groups is 1. The highest BCUT2D eigenvalue weighted by Gasteiger charge is 2.32. The van der Waals surface area contributed by atoms with E-state index in [0.29, 0.717) is 31.6 Å². The molecular weight excluding hydrogens is 455 g/mol. The molecule has 2 aliphatic rings. The molecule has 178 valence electrons. The normalized spacial score (nSPS) is 16.6. The number of nitrogens with zero attached hydrogens (tertiary/aromatic N) is 3. The molecule has 34 heavy (non-hydrogen) atoms. The number of rotatable bonds is 5. The number of amides is 1. The van der Waals surface area contributed by atoms with Crippen molar-refractivity contribution in [3.8, 4) is 5.69 Å². The molecule has 9 heteroatoms. The number of hydrogen-bond donors (Lipinski definition) is 1. The third-order valence-corrected chi connectivity index (χ3v) is 8.18. The molecule has 1 saturated heterocycles. The molecule has 1 N–H and O–H groups in total. The van der Waals surface area contributed by atoms with Crippen LogP contribution in [0.2, 0.25) is 0 Å². The second-order valence-corrected chi connectivity index (χ2v) is 10.7. The lowest BCUT2D eigenvalue weighted by Crippen LogP contribution is -2.46. The predicted octanol–water partition coefficient (Wildman–Crippen LogP) is 3.39. The lowest BCUT2D eigenvalue weighted by atomic mass is 10.1. The monoisotopic (exact) mass is 482 g/mol. The second kappa shape index (κ2) is 8.96. The summed E-state index contributed by atoms with van der Waals surface area (Å²) in [5, 5.41) is 4.72. The van der Waals surface area contributed by atoms with Gasteiger partial charge in [-0.25, -0.2) is 22.2 Å². The topological polar surface area (TPSA) is 84.3 Å². The number of hydrogen-bond acceptors (Lipinski definition) is 4. The van der Waals surface area contributed by atoms with Crippen LogP contribution < -0.4 is 4.72 Å². The van der Waals surface area contributed by atoms with Crippen LogP contribution in [0.1, 0.15) is 46.6 Å². The van der Waals surface area contributed by atoms with E-state index in [1.165, 1.54) is 17.7 Å². The molecule has 1 aliphatic heterocycles. The highest BCUT2D eigenvalue weighted by molar-refractivity contribution is 7.89. The van der Waals surface area contributed by atoms with E-state index in [2.05, 4.69) is 4.72 Å². The van der Waals surface area contributed by atoms with Crippen LogP contribution in [0.15, 0.2) is 53.4 Å². The molecule has 0 atom stereocenters. The van der Waals surface area contributed by atoms with E-state index in [9.17, 15) is 17.6 Å². The quantitative estimate of drug-likeness (QED) is 0.604. The molecule has 1 aliphatic carbocycles. The summed E-state index contributed by atoms with van der Waals surface area (Å²) in [7, 11) is -3.74. The molecule has 1 aromatic heterocycles. The average molecular weight is 483 g/mol. The second-order valence-electron chi connectivity index (χ2n) is 9.02.